The molecule has 19 heavy (non-hydrogen) atoms. The summed E-state index contributed by atoms with van der Waals surface area (Å²) in [5.74, 6) is -0.704. The van der Waals surface area contributed by atoms with Crippen LogP contribution in [0.5, 0.6) is 11.5 Å². The molecule has 0 saturated heterocycles. The molecule has 1 N–H and O–H groups in total. The van der Waals surface area contributed by atoms with Gasteiger partial charge in [-0.25, -0.2) is 9.18 Å². The molecule has 0 bridgehead atoms. The number of methoxy groups -OCH3 is 1. The predicted octanol–water partition coefficient (Wildman–Crippen LogP) is 3.41. The lowest BCUT2D eigenvalue weighted by Gasteiger charge is -2.25. The lowest BCUT2D eigenvalue weighted by Crippen LogP contribution is -2.21. The van der Waals surface area contributed by atoms with Gasteiger partial charge in [-0.3, -0.25) is 0 Å². The highest BCUT2D eigenvalue weighted by Gasteiger charge is 2.40. The van der Waals surface area contributed by atoms with Crippen LogP contribution >= 0.6 is 15.9 Å². The average Bonchev–Trinajstić information content (AvgIpc) is 2.83. The molecule has 1 fully saturated rings. The smallest absolute Gasteiger partial charge is 0.235 e. The molecule has 0 unspecified atom stereocenters. The van der Waals surface area contributed by atoms with Crippen molar-refractivity contribution in [1.82, 2.24) is 0 Å². The topological polar surface area (TPSA) is 58.9 Å². The van der Waals surface area contributed by atoms with E-state index in [0.717, 1.165) is 18.9 Å². The van der Waals surface area contributed by atoms with Gasteiger partial charge >= 0.3 is 0 Å². The van der Waals surface area contributed by atoms with Crippen LogP contribution < -0.4 is 4.74 Å². The van der Waals surface area contributed by atoms with Crippen molar-refractivity contribution in [2.24, 2.45) is 4.99 Å². The van der Waals surface area contributed by atoms with Crippen molar-refractivity contribution in [3.05, 3.63) is 21.9 Å². The zero-order valence-electron chi connectivity index (χ0n) is 10.4. The SMILES string of the molecule is COc1cc(F)c(C2(N=C=O)CCCC2)c(Br)c1O. The Morgan fingerprint density at radius 2 is 2.16 bits per heavy atom. The fourth-order valence-electron chi connectivity index (χ4n) is 2.63. The Kier molecular flexibility index (Phi) is 3.92. The largest absolute Gasteiger partial charge is 0.503 e. The minimum absolute atomic E-state index is 0.0383. The van der Waals surface area contributed by atoms with Crippen LogP contribution in [0.1, 0.15) is 31.2 Å². The van der Waals surface area contributed by atoms with Crippen LogP contribution in [0.4, 0.5) is 4.39 Å². The number of benzene rings is 1. The average molecular weight is 330 g/mol. The van der Waals surface area contributed by atoms with Gasteiger partial charge in [-0.15, -0.1) is 0 Å². The van der Waals surface area contributed by atoms with Crippen LogP contribution in [0.25, 0.3) is 0 Å². The fraction of sp³-hybridized carbons (Fsp3) is 0.462. The molecule has 0 heterocycles. The van der Waals surface area contributed by atoms with Gasteiger partial charge in [0.15, 0.2) is 11.5 Å². The molecular formula is C13H13BrFNO3. The summed E-state index contributed by atoms with van der Waals surface area (Å²) in [5.41, 5.74) is -0.735. The minimum Gasteiger partial charge on any atom is -0.503 e. The first-order chi connectivity index (χ1) is 9.05. The number of aliphatic imine (C=N–C) groups is 1. The number of rotatable bonds is 3. The van der Waals surface area contributed by atoms with Crippen LogP contribution in [0, 0.1) is 5.82 Å². The number of nitrogens with zero attached hydrogens (tertiary/aromatic N) is 1. The van der Waals surface area contributed by atoms with Crippen LogP contribution in [0.15, 0.2) is 15.5 Å². The highest BCUT2D eigenvalue weighted by atomic mass is 79.9. The summed E-state index contributed by atoms with van der Waals surface area (Å²) < 4.78 is 19.4. The molecule has 0 aliphatic heterocycles. The third kappa shape index (κ3) is 2.26. The van der Waals surface area contributed by atoms with E-state index in [1.54, 1.807) is 0 Å². The number of halogens is 2. The number of phenols is 1. The number of hydrogen-bond acceptors (Lipinski definition) is 4. The van der Waals surface area contributed by atoms with E-state index in [9.17, 15) is 14.3 Å². The van der Waals surface area contributed by atoms with Gasteiger partial charge in [0.1, 0.15) is 11.4 Å². The van der Waals surface area contributed by atoms with Gasteiger partial charge < -0.3 is 9.84 Å². The molecule has 0 aromatic heterocycles. The van der Waals surface area contributed by atoms with Crippen LogP contribution in [-0.4, -0.2) is 18.3 Å². The second kappa shape index (κ2) is 5.31. The number of aromatic hydroxyl groups is 1. The van der Waals surface area contributed by atoms with E-state index in [1.807, 2.05) is 0 Å². The van der Waals surface area contributed by atoms with E-state index in [-0.39, 0.29) is 21.5 Å². The van der Waals surface area contributed by atoms with Crippen molar-refractivity contribution in [2.45, 2.75) is 31.2 Å². The van der Waals surface area contributed by atoms with Crippen LogP contribution in [0.3, 0.4) is 0 Å². The molecule has 4 nitrogen and oxygen atoms in total. The summed E-state index contributed by atoms with van der Waals surface area (Å²) in [6.07, 6.45) is 4.35. The predicted molar refractivity (Wildman–Crippen MR) is 70.6 cm³/mol. The summed E-state index contributed by atoms with van der Waals surface area (Å²) in [6.45, 7) is 0. The molecule has 6 heteroatoms. The van der Waals surface area contributed by atoms with Crippen LogP contribution in [0.2, 0.25) is 0 Å². The van der Waals surface area contributed by atoms with Crippen molar-refractivity contribution in [3.63, 3.8) is 0 Å². The molecule has 0 amide bonds. The van der Waals surface area contributed by atoms with Crippen molar-refractivity contribution in [3.8, 4) is 11.5 Å². The molecule has 1 aromatic rings. The summed E-state index contributed by atoms with van der Waals surface area (Å²) in [5, 5.41) is 9.97. The molecule has 0 radical (unpaired) electrons. The highest BCUT2D eigenvalue weighted by Crippen LogP contribution is 2.50. The summed E-state index contributed by atoms with van der Waals surface area (Å²) in [4.78, 5) is 14.5. The number of carbonyl (C=O) groups excluding carboxylic acids is 1. The van der Waals surface area contributed by atoms with Gasteiger partial charge in [0, 0.05) is 11.6 Å². The van der Waals surface area contributed by atoms with Gasteiger partial charge in [-0.05, 0) is 28.8 Å². The van der Waals surface area contributed by atoms with Crippen molar-refractivity contribution < 1.29 is 19.0 Å². The third-order valence-electron chi connectivity index (χ3n) is 3.53. The standard InChI is InChI=1S/C13H13BrFNO3/c1-19-9-6-8(15)10(11(14)12(9)18)13(16-7-17)4-2-3-5-13/h6,18H,2-5H2,1H3. The van der Waals surface area contributed by atoms with Crippen LogP contribution in [-0.2, 0) is 10.3 Å². The molecule has 102 valence electrons. The fourth-order valence-corrected chi connectivity index (χ4v) is 3.39. The first-order valence-electron chi connectivity index (χ1n) is 5.90. The van der Waals surface area contributed by atoms with E-state index < -0.39 is 11.4 Å². The maximum absolute atomic E-state index is 14.3. The van der Waals surface area contributed by atoms with E-state index >= 15 is 0 Å². The molecule has 0 atom stereocenters. The van der Waals surface area contributed by atoms with Crippen molar-refractivity contribution >= 4 is 22.0 Å². The zero-order chi connectivity index (χ0) is 14.0. The van der Waals surface area contributed by atoms with Gasteiger partial charge in [0.2, 0.25) is 6.08 Å². The van der Waals surface area contributed by atoms with Gasteiger partial charge in [0.25, 0.3) is 0 Å². The number of hydrogen-bond donors (Lipinski definition) is 1. The van der Waals surface area contributed by atoms with E-state index in [1.165, 1.54) is 13.2 Å². The van der Waals surface area contributed by atoms with Crippen molar-refractivity contribution in [2.75, 3.05) is 7.11 Å². The Labute approximate surface area is 118 Å². The lowest BCUT2D eigenvalue weighted by molar-refractivity contribution is 0.360. The number of ether oxygens (including phenoxy) is 1. The third-order valence-corrected chi connectivity index (χ3v) is 4.31. The summed E-state index contributed by atoms with van der Waals surface area (Å²) >= 11 is 3.18. The zero-order valence-corrected chi connectivity index (χ0v) is 12.0. The van der Waals surface area contributed by atoms with Gasteiger partial charge in [-0.2, -0.15) is 4.99 Å². The monoisotopic (exact) mass is 329 g/mol. The van der Waals surface area contributed by atoms with E-state index in [0.29, 0.717) is 12.8 Å². The lowest BCUT2D eigenvalue weighted by atomic mass is 9.88. The Hall–Kier alpha value is -1.39. The first-order valence-corrected chi connectivity index (χ1v) is 6.69. The molecule has 1 aliphatic carbocycles. The molecule has 2 rings (SSSR count). The Balaban J connectivity index is 2.67. The molecule has 1 aromatic carbocycles. The normalized spacial score (nSPS) is 17.0. The summed E-state index contributed by atoms with van der Waals surface area (Å²) in [7, 11) is 1.34. The Morgan fingerprint density at radius 3 is 2.68 bits per heavy atom. The molecular weight excluding hydrogens is 317 g/mol. The van der Waals surface area contributed by atoms with Crippen molar-refractivity contribution in [1.29, 1.82) is 0 Å². The first kappa shape index (κ1) is 14.0. The van der Waals surface area contributed by atoms with Gasteiger partial charge in [0.05, 0.1) is 11.6 Å². The van der Waals surface area contributed by atoms with Gasteiger partial charge in [-0.1, -0.05) is 12.8 Å². The Bertz CT molecular complexity index is 549. The van der Waals surface area contributed by atoms with E-state index in [4.69, 9.17) is 4.74 Å². The second-order valence-electron chi connectivity index (χ2n) is 4.54. The summed E-state index contributed by atoms with van der Waals surface area (Å²) in [6, 6.07) is 1.11. The maximum atomic E-state index is 14.3. The molecule has 1 aliphatic rings. The Morgan fingerprint density at radius 1 is 1.53 bits per heavy atom. The highest BCUT2D eigenvalue weighted by molar-refractivity contribution is 9.10. The number of phenolic OH excluding ortho intramolecular Hbond substituents is 1. The molecule has 1 saturated carbocycles. The quantitative estimate of drug-likeness (QED) is 0.682. The van der Waals surface area contributed by atoms with E-state index in [2.05, 4.69) is 20.9 Å². The second-order valence-corrected chi connectivity index (χ2v) is 5.33. The molecule has 0 spiro atoms. The minimum atomic E-state index is -0.936. The number of isocyanates is 1. The maximum Gasteiger partial charge on any atom is 0.235 e.